The summed E-state index contributed by atoms with van der Waals surface area (Å²) in [6.45, 7) is 1.51. The Morgan fingerprint density at radius 2 is 1.82 bits per heavy atom. The van der Waals surface area contributed by atoms with Gasteiger partial charge in [0.15, 0.2) is 12.0 Å². The van der Waals surface area contributed by atoms with Crippen LogP contribution in [-0.2, 0) is 11.3 Å². The Balaban J connectivity index is 0.000000379. The molecule has 5 N–H and O–H groups in total. The van der Waals surface area contributed by atoms with Crippen LogP contribution in [0.5, 0.6) is 0 Å². The third-order valence-corrected chi connectivity index (χ3v) is 6.10. The number of imidazole rings is 1. The lowest BCUT2D eigenvalue weighted by atomic mass is 9.73. The fourth-order valence-electron chi connectivity index (χ4n) is 3.59. The van der Waals surface area contributed by atoms with Crippen molar-refractivity contribution in [2.45, 2.75) is 25.2 Å². The molecule has 2 aromatic heterocycles. The highest BCUT2D eigenvalue weighted by Crippen LogP contribution is 2.28. The number of nitrogens with zero attached hydrogens (tertiary/aromatic N) is 3. The number of fused-ring (bicyclic) bond motifs is 2. The summed E-state index contributed by atoms with van der Waals surface area (Å²) in [5.41, 5.74) is -1.70. The molecule has 11 nitrogen and oxygen atoms in total. The van der Waals surface area contributed by atoms with Crippen LogP contribution in [-0.4, -0.2) is 63.1 Å². The second kappa shape index (κ2) is 10.9. The Morgan fingerprint density at radius 1 is 1.15 bits per heavy atom. The Bertz CT molecular complexity index is 1550. The van der Waals surface area contributed by atoms with E-state index >= 15 is 0 Å². The van der Waals surface area contributed by atoms with Crippen molar-refractivity contribution in [3.63, 3.8) is 0 Å². The molecular formula is C23H18B2F2N6O5S. The second-order valence-corrected chi connectivity index (χ2v) is 9.23. The average molecular weight is 550 g/mol. The van der Waals surface area contributed by atoms with Crippen molar-refractivity contribution in [1.29, 1.82) is 0 Å². The second-order valence-electron chi connectivity index (χ2n) is 8.43. The predicted octanol–water partition coefficient (Wildman–Crippen LogP) is 0.809. The molecule has 2 aromatic carbocycles. The summed E-state index contributed by atoms with van der Waals surface area (Å²) in [5, 5.41) is 26.4. The molecule has 4 aromatic rings. The number of aliphatic hydroxyl groups excluding tert-OH is 1. The van der Waals surface area contributed by atoms with E-state index in [0.29, 0.717) is 4.70 Å². The largest absolute Gasteiger partial charge is 0.390 e. The molecule has 1 unspecified atom stereocenters. The van der Waals surface area contributed by atoms with Crippen molar-refractivity contribution < 1.29 is 33.4 Å². The van der Waals surface area contributed by atoms with E-state index < -0.39 is 47.7 Å². The van der Waals surface area contributed by atoms with E-state index in [1.807, 2.05) is 12.2 Å². The van der Waals surface area contributed by atoms with Crippen LogP contribution < -0.4 is 16.0 Å². The Morgan fingerprint density at radius 3 is 2.46 bits per heavy atom. The Hall–Kier alpha value is -4.14. The summed E-state index contributed by atoms with van der Waals surface area (Å²) in [4.78, 5) is 40.9. The van der Waals surface area contributed by atoms with Crippen LogP contribution in [0.1, 0.15) is 38.6 Å². The predicted molar refractivity (Wildman–Crippen MR) is 138 cm³/mol. The molecule has 0 saturated heterocycles. The molecule has 16 heteroatoms. The summed E-state index contributed by atoms with van der Waals surface area (Å²) < 4.78 is 31.3. The van der Waals surface area contributed by atoms with Gasteiger partial charge < -0.3 is 30.7 Å². The van der Waals surface area contributed by atoms with E-state index in [2.05, 4.69) is 20.0 Å². The van der Waals surface area contributed by atoms with Gasteiger partial charge in [0, 0.05) is 10.9 Å². The Kier molecular flexibility index (Phi) is 7.81. The number of aromatic nitrogens is 3. The van der Waals surface area contributed by atoms with E-state index in [4.69, 9.17) is 15.7 Å². The minimum atomic E-state index is -2.58. The van der Waals surface area contributed by atoms with Crippen molar-refractivity contribution in [1.82, 2.24) is 24.6 Å². The molecule has 0 aliphatic carbocycles. The van der Waals surface area contributed by atoms with Crippen LogP contribution in [0.25, 0.3) is 10.1 Å². The van der Waals surface area contributed by atoms with E-state index in [0.717, 1.165) is 27.7 Å². The summed E-state index contributed by atoms with van der Waals surface area (Å²) in [7, 11) is 10.3. The molecule has 0 saturated carbocycles. The molecule has 0 bridgehead atoms. The van der Waals surface area contributed by atoms with Gasteiger partial charge in [-0.25, -0.2) is 13.8 Å². The number of aliphatic hydroxyl groups is 2. The lowest BCUT2D eigenvalue weighted by molar-refractivity contribution is -0.126. The highest BCUT2D eigenvalue weighted by atomic mass is 32.1. The standard InChI is InChI=1S/C16H11B2FN6O5S.C7H7F/c17-16(18,30)23-15(29)12-21-11(10-14(28)20-8(26)4-25(10)12)22-13(27)9-6-3-5(19)1-2-7(6)31-24-9;1-6-2-4-7(8)5-3-6/h1-3,14,28,30H,4H2,(H,20,26)(H,22,27)(H,23,29);2-5H,1H3. The van der Waals surface area contributed by atoms with Gasteiger partial charge >= 0.3 is 0 Å². The SMILES string of the molecule is Cc1ccc(F)cc1.[B]C([B])(O)NC(=O)c1nc(NC(=O)c2nsc3ccc(F)cc23)c2n1CC(=O)NC2O. The number of hydrogen-bond acceptors (Lipinski definition) is 8. The van der Waals surface area contributed by atoms with Gasteiger partial charge in [0.25, 0.3) is 11.8 Å². The van der Waals surface area contributed by atoms with Gasteiger partial charge in [-0.05, 0) is 48.8 Å². The zero-order valence-corrected chi connectivity index (χ0v) is 20.9. The van der Waals surface area contributed by atoms with E-state index in [1.54, 1.807) is 12.1 Å². The molecule has 0 fully saturated rings. The number of amides is 3. The van der Waals surface area contributed by atoms with E-state index in [1.165, 1.54) is 24.3 Å². The number of halogens is 2. The van der Waals surface area contributed by atoms with Crippen molar-refractivity contribution >= 4 is 60.9 Å². The molecule has 1 atom stereocenters. The highest BCUT2D eigenvalue weighted by Gasteiger charge is 2.34. The maximum Gasteiger partial charge on any atom is 0.288 e. The molecule has 3 amide bonds. The van der Waals surface area contributed by atoms with Crippen molar-refractivity contribution in [2.24, 2.45) is 0 Å². The van der Waals surface area contributed by atoms with Crippen molar-refractivity contribution in [3.8, 4) is 0 Å². The summed E-state index contributed by atoms with van der Waals surface area (Å²) in [6, 6.07) is 10.2. The number of benzene rings is 2. The third kappa shape index (κ3) is 6.47. The van der Waals surface area contributed by atoms with Crippen LogP contribution in [0.2, 0.25) is 0 Å². The normalized spacial score (nSPS) is 14.6. The maximum absolute atomic E-state index is 13.6. The van der Waals surface area contributed by atoms with Gasteiger partial charge in [0.2, 0.25) is 11.7 Å². The smallest absolute Gasteiger partial charge is 0.288 e. The van der Waals surface area contributed by atoms with Crippen LogP contribution >= 0.6 is 11.5 Å². The van der Waals surface area contributed by atoms with Gasteiger partial charge in [-0.3, -0.25) is 14.4 Å². The maximum atomic E-state index is 13.6. The molecule has 0 spiro atoms. The molecule has 1 aliphatic rings. The van der Waals surface area contributed by atoms with Gasteiger partial charge in [0.05, 0.1) is 4.70 Å². The number of carbonyl (C=O) groups is 3. The number of hydrogen-bond donors (Lipinski definition) is 5. The zero-order valence-electron chi connectivity index (χ0n) is 20.1. The van der Waals surface area contributed by atoms with Crippen LogP contribution in [0.3, 0.4) is 0 Å². The summed E-state index contributed by atoms with van der Waals surface area (Å²) >= 11 is 0.978. The van der Waals surface area contributed by atoms with Gasteiger partial charge in [-0.1, -0.05) is 17.7 Å². The first-order valence-electron chi connectivity index (χ1n) is 11.1. The number of rotatable bonds is 4. The highest BCUT2D eigenvalue weighted by molar-refractivity contribution is 7.13. The van der Waals surface area contributed by atoms with E-state index in [9.17, 15) is 33.4 Å². The summed E-state index contributed by atoms with van der Waals surface area (Å²) in [5.74, 6) is -3.95. The van der Waals surface area contributed by atoms with Gasteiger partial charge in [0.1, 0.15) is 45.3 Å². The van der Waals surface area contributed by atoms with E-state index in [-0.39, 0.29) is 28.4 Å². The number of anilines is 1. The first kappa shape index (κ1) is 27.9. The summed E-state index contributed by atoms with van der Waals surface area (Å²) in [6.07, 6.45) is -1.61. The molecule has 1 aliphatic heterocycles. The first-order chi connectivity index (χ1) is 18.3. The fourth-order valence-corrected chi connectivity index (χ4v) is 4.34. The molecule has 39 heavy (non-hydrogen) atoms. The Labute approximate surface area is 226 Å². The number of carbonyl (C=O) groups excluding carboxylic acids is 3. The lowest BCUT2D eigenvalue weighted by Gasteiger charge is -2.24. The van der Waals surface area contributed by atoms with Crippen LogP contribution in [0, 0.1) is 18.6 Å². The average Bonchev–Trinajstić information content (AvgIpc) is 3.41. The molecule has 4 radical (unpaired) electrons. The first-order valence-corrected chi connectivity index (χ1v) is 11.9. The molecule has 196 valence electrons. The third-order valence-electron chi connectivity index (χ3n) is 5.27. The zero-order chi connectivity index (χ0) is 28.5. The number of nitrogens with one attached hydrogen (secondary N) is 3. The van der Waals surface area contributed by atoms with Crippen LogP contribution in [0.15, 0.2) is 42.5 Å². The van der Waals surface area contributed by atoms with Crippen molar-refractivity contribution in [3.05, 3.63) is 76.9 Å². The number of aryl methyl sites for hydroxylation is 1. The molecule has 3 heterocycles. The molecular weight excluding hydrogens is 532 g/mol. The molecule has 5 rings (SSSR count). The monoisotopic (exact) mass is 550 g/mol. The quantitative estimate of drug-likeness (QED) is 0.186. The topological polar surface area (TPSA) is 158 Å². The van der Waals surface area contributed by atoms with Crippen molar-refractivity contribution in [2.75, 3.05) is 5.32 Å². The van der Waals surface area contributed by atoms with Crippen LogP contribution in [0.4, 0.5) is 14.6 Å². The minimum Gasteiger partial charge on any atom is -0.390 e. The lowest BCUT2D eigenvalue weighted by Crippen LogP contribution is -2.50. The fraction of sp³-hybridized carbons (Fsp3) is 0.174. The minimum absolute atomic E-state index is 0.0973. The van der Waals surface area contributed by atoms with Gasteiger partial charge in [-0.2, -0.15) is 4.37 Å². The van der Waals surface area contributed by atoms with Gasteiger partial charge in [-0.15, -0.1) is 0 Å².